The Morgan fingerprint density at radius 2 is 2.16 bits per heavy atom. The molecule has 102 valence electrons. The van der Waals surface area contributed by atoms with Gasteiger partial charge < -0.3 is 15.3 Å². The average Bonchev–Trinajstić information content (AvgIpc) is 2.35. The van der Waals surface area contributed by atoms with Crippen molar-refractivity contribution in [3.8, 4) is 0 Å². The second kappa shape index (κ2) is 5.40. The molecule has 2 rings (SSSR count). The lowest BCUT2D eigenvalue weighted by Gasteiger charge is -2.21. The van der Waals surface area contributed by atoms with Gasteiger partial charge in [-0.25, -0.2) is 0 Å². The van der Waals surface area contributed by atoms with Gasteiger partial charge in [0.2, 0.25) is 5.91 Å². The van der Waals surface area contributed by atoms with Crippen LogP contribution >= 0.6 is 0 Å². The van der Waals surface area contributed by atoms with E-state index >= 15 is 0 Å². The molecule has 0 bridgehead atoms. The normalized spacial score (nSPS) is 15.8. The first-order valence-electron chi connectivity index (χ1n) is 6.27. The molecule has 2 N–H and O–H groups in total. The van der Waals surface area contributed by atoms with Crippen LogP contribution in [-0.2, 0) is 16.0 Å². The highest BCUT2D eigenvalue weighted by atomic mass is 16.4. The highest BCUT2D eigenvalue weighted by Gasteiger charge is 2.23. The Kier molecular flexibility index (Phi) is 3.85. The van der Waals surface area contributed by atoms with Crippen molar-refractivity contribution in [3.63, 3.8) is 0 Å². The van der Waals surface area contributed by atoms with Crippen LogP contribution in [0.4, 0.5) is 5.69 Å². The lowest BCUT2D eigenvalue weighted by Crippen LogP contribution is -2.26. The van der Waals surface area contributed by atoms with E-state index in [0.29, 0.717) is 19.4 Å². The number of nitrogens with zero attached hydrogens (tertiary/aromatic N) is 1. The van der Waals surface area contributed by atoms with Crippen LogP contribution in [0.1, 0.15) is 23.5 Å². The van der Waals surface area contributed by atoms with Gasteiger partial charge in [0.15, 0.2) is 0 Å². The minimum atomic E-state index is -0.825. The fourth-order valence-electron chi connectivity index (χ4n) is 2.31. The van der Waals surface area contributed by atoms with Crippen LogP contribution in [0.2, 0.25) is 0 Å². The number of aliphatic carboxylic acids is 1. The number of aryl methyl sites for hydroxylation is 1. The summed E-state index contributed by atoms with van der Waals surface area (Å²) in [5.41, 5.74) is 2.60. The number of carboxylic acid groups (broad SMARTS) is 1. The van der Waals surface area contributed by atoms with Gasteiger partial charge in [-0.05, 0) is 37.7 Å². The summed E-state index contributed by atoms with van der Waals surface area (Å²) in [5, 5.41) is 12.1. The molecular weight excluding hydrogens is 244 g/mol. The maximum atomic E-state index is 11.4. The molecule has 19 heavy (non-hydrogen) atoms. The van der Waals surface area contributed by atoms with E-state index in [2.05, 4.69) is 5.32 Å². The quantitative estimate of drug-likeness (QED) is 0.858. The van der Waals surface area contributed by atoms with Gasteiger partial charge in [-0.3, -0.25) is 9.59 Å². The Labute approximate surface area is 112 Å². The molecule has 1 aliphatic heterocycles. The maximum Gasteiger partial charge on any atom is 0.312 e. The summed E-state index contributed by atoms with van der Waals surface area (Å²) in [7, 11) is 3.71. The summed E-state index contributed by atoms with van der Waals surface area (Å²) in [4.78, 5) is 24.5. The van der Waals surface area contributed by atoms with Gasteiger partial charge >= 0.3 is 5.97 Å². The molecule has 1 unspecified atom stereocenters. The van der Waals surface area contributed by atoms with Crippen molar-refractivity contribution in [2.45, 2.75) is 18.8 Å². The molecular formula is C14H18N2O3. The summed E-state index contributed by atoms with van der Waals surface area (Å²) in [5.74, 6) is -1.35. The maximum absolute atomic E-state index is 11.4. The SMILES string of the molecule is CN(C)CC(C(=O)O)c1ccc2c(c1)CCC(=O)N2. The molecule has 5 heteroatoms. The Balaban J connectivity index is 2.29. The number of carboxylic acids is 1. The highest BCUT2D eigenvalue weighted by Crippen LogP contribution is 2.27. The molecule has 0 saturated carbocycles. The average molecular weight is 262 g/mol. The van der Waals surface area contributed by atoms with Crippen molar-refractivity contribution in [1.82, 2.24) is 4.90 Å². The Bertz CT molecular complexity index is 511. The number of anilines is 1. The Hall–Kier alpha value is -1.88. The largest absolute Gasteiger partial charge is 0.481 e. The summed E-state index contributed by atoms with van der Waals surface area (Å²) in [6.45, 7) is 0.459. The van der Waals surface area contributed by atoms with Gasteiger partial charge in [0.1, 0.15) is 0 Å². The number of hydrogen-bond acceptors (Lipinski definition) is 3. The molecule has 1 heterocycles. The summed E-state index contributed by atoms with van der Waals surface area (Å²) in [6.07, 6.45) is 1.13. The van der Waals surface area contributed by atoms with E-state index < -0.39 is 11.9 Å². The lowest BCUT2D eigenvalue weighted by molar-refractivity contribution is -0.139. The van der Waals surface area contributed by atoms with Crippen LogP contribution in [0.15, 0.2) is 18.2 Å². The van der Waals surface area contributed by atoms with Gasteiger partial charge in [0, 0.05) is 18.7 Å². The van der Waals surface area contributed by atoms with E-state index in [1.54, 1.807) is 12.1 Å². The van der Waals surface area contributed by atoms with Crippen molar-refractivity contribution in [1.29, 1.82) is 0 Å². The smallest absolute Gasteiger partial charge is 0.312 e. The summed E-state index contributed by atoms with van der Waals surface area (Å²) < 4.78 is 0. The monoisotopic (exact) mass is 262 g/mol. The van der Waals surface area contributed by atoms with Crippen molar-refractivity contribution in [2.24, 2.45) is 0 Å². The molecule has 5 nitrogen and oxygen atoms in total. The predicted molar refractivity (Wildman–Crippen MR) is 72.3 cm³/mol. The van der Waals surface area contributed by atoms with Crippen LogP contribution in [0, 0.1) is 0 Å². The molecule has 1 aromatic carbocycles. The predicted octanol–water partition coefficient (Wildman–Crippen LogP) is 1.30. The number of carbonyl (C=O) groups is 2. The molecule has 0 aromatic heterocycles. The minimum absolute atomic E-state index is 0.0170. The summed E-state index contributed by atoms with van der Waals surface area (Å²) >= 11 is 0. The summed E-state index contributed by atoms with van der Waals surface area (Å²) in [6, 6.07) is 5.48. The first-order valence-corrected chi connectivity index (χ1v) is 6.27. The van der Waals surface area contributed by atoms with Crippen LogP contribution in [-0.4, -0.2) is 42.5 Å². The molecule has 1 atom stereocenters. The molecule has 0 spiro atoms. The zero-order chi connectivity index (χ0) is 14.0. The van der Waals surface area contributed by atoms with E-state index in [4.69, 9.17) is 0 Å². The van der Waals surface area contributed by atoms with Crippen molar-refractivity contribution < 1.29 is 14.7 Å². The third kappa shape index (κ3) is 3.12. The van der Waals surface area contributed by atoms with E-state index in [1.807, 2.05) is 25.1 Å². The van der Waals surface area contributed by atoms with Gasteiger partial charge in [-0.1, -0.05) is 12.1 Å². The second-order valence-electron chi connectivity index (χ2n) is 5.12. The van der Waals surface area contributed by atoms with Crippen molar-refractivity contribution in [3.05, 3.63) is 29.3 Å². The lowest BCUT2D eigenvalue weighted by atomic mass is 9.93. The first kappa shape index (κ1) is 13.5. The number of rotatable bonds is 4. The molecule has 1 amide bonds. The topological polar surface area (TPSA) is 69.6 Å². The number of benzene rings is 1. The standard InChI is InChI=1S/C14H18N2O3/c1-16(2)8-11(14(18)19)9-3-5-12-10(7-9)4-6-13(17)15-12/h3,5,7,11H,4,6,8H2,1-2H3,(H,15,17)(H,18,19). The molecule has 1 aromatic rings. The van der Waals surface area contributed by atoms with E-state index in [0.717, 1.165) is 16.8 Å². The van der Waals surface area contributed by atoms with E-state index in [1.165, 1.54) is 0 Å². The third-order valence-corrected chi connectivity index (χ3v) is 3.27. The van der Waals surface area contributed by atoms with Crippen molar-refractivity contribution >= 4 is 17.6 Å². The van der Waals surface area contributed by atoms with Crippen LogP contribution < -0.4 is 5.32 Å². The molecule has 0 aliphatic carbocycles. The fourth-order valence-corrected chi connectivity index (χ4v) is 2.31. The van der Waals surface area contributed by atoms with Crippen LogP contribution in [0.25, 0.3) is 0 Å². The third-order valence-electron chi connectivity index (χ3n) is 3.27. The molecule has 0 radical (unpaired) electrons. The van der Waals surface area contributed by atoms with E-state index in [-0.39, 0.29) is 5.91 Å². The van der Waals surface area contributed by atoms with Gasteiger partial charge in [0.05, 0.1) is 5.92 Å². The number of amides is 1. The van der Waals surface area contributed by atoms with Crippen molar-refractivity contribution in [2.75, 3.05) is 26.0 Å². The molecule has 1 aliphatic rings. The molecule has 0 fully saturated rings. The number of carbonyl (C=O) groups excluding carboxylic acids is 1. The zero-order valence-corrected chi connectivity index (χ0v) is 11.1. The van der Waals surface area contributed by atoms with Gasteiger partial charge in [0.25, 0.3) is 0 Å². The minimum Gasteiger partial charge on any atom is -0.481 e. The first-order chi connectivity index (χ1) is 8.97. The highest BCUT2D eigenvalue weighted by molar-refractivity contribution is 5.94. The number of nitrogens with one attached hydrogen (secondary N) is 1. The fraction of sp³-hybridized carbons (Fsp3) is 0.429. The van der Waals surface area contributed by atoms with E-state index in [9.17, 15) is 14.7 Å². The second-order valence-corrected chi connectivity index (χ2v) is 5.12. The number of likely N-dealkylation sites (N-methyl/N-ethyl adjacent to an activating group) is 1. The van der Waals surface area contributed by atoms with Crippen LogP contribution in [0.5, 0.6) is 0 Å². The Morgan fingerprint density at radius 1 is 1.42 bits per heavy atom. The Morgan fingerprint density at radius 3 is 2.79 bits per heavy atom. The van der Waals surface area contributed by atoms with Gasteiger partial charge in [-0.2, -0.15) is 0 Å². The van der Waals surface area contributed by atoms with Gasteiger partial charge in [-0.15, -0.1) is 0 Å². The zero-order valence-electron chi connectivity index (χ0n) is 11.1. The number of hydrogen-bond donors (Lipinski definition) is 2. The van der Waals surface area contributed by atoms with Crippen LogP contribution in [0.3, 0.4) is 0 Å². The molecule has 0 saturated heterocycles. The number of fused-ring (bicyclic) bond motifs is 1.